The minimum Gasteiger partial charge on any atom is -0.361 e. The predicted molar refractivity (Wildman–Crippen MR) is 76.1 cm³/mol. The second-order valence-electron chi connectivity index (χ2n) is 5.26. The quantitative estimate of drug-likeness (QED) is 0.885. The largest absolute Gasteiger partial charge is 0.361 e. The second-order valence-corrected chi connectivity index (χ2v) is 5.26. The Balaban J connectivity index is 1.68. The van der Waals surface area contributed by atoms with Crippen molar-refractivity contribution in [2.45, 2.75) is 6.42 Å². The van der Waals surface area contributed by atoms with E-state index in [9.17, 15) is 4.79 Å². The van der Waals surface area contributed by atoms with E-state index < -0.39 is 0 Å². The molecule has 2 aromatic rings. The summed E-state index contributed by atoms with van der Waals surface area (Å²) in [5.41, 5.74) is 2.18. The van der Waals surface area contributed by atoms with Crippen molar-refractivity contribution in [2.75, 3.05) is 33.2 Å². The average Bonchev–Trinajstić information content (AvgIpc) is 2.87. The van der Waals surface area contributed by atoms with Gasteiger partial charge in [-0.3, -0.25) is 4.79 Å². The molecule has 0 atom stereocenters. The Hall–Kier alpha value is -1.81. The van der Waals surface area contributed by atoms with Crippen LogP contribution in [-0.2, 0) is 11.2 Å². The first-order chi connectivity index (χ1) is 9.22. The molecule has 1 fully saturated rings. The molecule has 2 heterocycles. The number of likely N-dealkylation sites (N-methyl/N-ethyl adjacent to an activating group) is 1. The van der Waals surface area contributed by atoms with Crippen molar-refractivity contribution in [2.24, 2.45) is 0 Å². The van der Waals surface area contributed by atoms with E-state index in [4.69, 9.17) is 0 Å². The summed E-state index contributed by atoms with van der Waals surface area (Å²) in [5, 5.41) is 1.19. The Morgan fingerprint density at radius 1 is 1.21 bits per heavy atom. The summed E-state index contributed by atoms with van der Waals surface area (Å²) in [7, 11) is 2.10. The molecule has 0 radical (unpaired) electrons. The normalized spacial score (nSPS) is 17.0. The lowest BCUT2D eigenvalue weighted by Gasteiger charge is -2.32. The van der Waals surface area contributed by atoms with Gasteiger partial charge in [0.2, 0.25) is 5.91 Å². The molecule has 1 saturated heterocycles. The third kappa shape index (κ3) is 2.63. The molecule has 19 heavy (non-hydrogen) atoms. The van der Waals surface area contributed by atoms with E-state index in [0.29, 0.717) is 6.42 Å². The molecular weight excluding hydrogens is 238 g/mol. The van der Waals surface area contributed by atoms with Crippen LogP contribution in [0.4, 0.5) is 0 Å². The highest BCUT2D eigenvalue weighted by molar-refractivity contribution is 5.83. The van der Waals surface area contributed by atoms with Crippen LogP contribution in [0.1, 0.15) is 5.56 Å². The smallest absolute Gasteiger partial charge is 0.227 e. The van der Waals surface area contributed by atoms with Crippen molar-refractivity contribution in [3.8, 4) is 0 Å². The van der Waals surface area contributed by atoms with Gasteiger partial charge in [-0.05, 0) is 30.1 Å². The molecule has 1 aromatic heterocycles. The van der Waals surface area contributed by atoms with Crippen molar-refractivity contribution in [3.63, 3.8) is 0 Å². The number of amides is 1. The molecule has 0 aliphatic carbocycles. The van der Waals surface area contributed by atoms with Gasteiger partial charge in [-0.2, -0.15) is 0 Å². The zero-order chi connectivity index (χ0) is 13.2. The molecule has 0 saturated carbocycles. The first-order valence-corrected chi connectivity index (χ1v) is 6.75. The summed E-state index contributed by atoms with van der Waals surface area (Å²) in [5.74, 6) is 0.235. The number of hydrogen-bond acceptors (Lipinski definition) is 2. The van der Waals surface area contributed by atoms with Gasteiger partial charge in [0, 0.05) is 37.9 Å². The lowest BCUT2D eigenvalue weighted by Crippen LogP contribution is -2.47. The number of piperazine rings is 1. The highest BCUT2D eigenvalue weighted by Gasteiger charge is 2.19. The van der Waals surface area contributed by atoms with Crippen molar-refractivity contribution in [1.29, 1.82) is 0 Å². The van der Waals surface area contributed by atoms with Crippen LogP contribution >= 0.6 is 0 Å². The van der Waals surface area contributed by atoms with Gasteiger partial charge in [0.1, 0.15) is 0 Å². The summed E-state index contributed by atoms with van der Waals surface area (Å²) >= 11 is 0. The van der Waals surface area contributed by atoms with Crippen LogP contribution in [0.5, 0.6) is 0 Å². The fourth-order valence-electron chi connectivity index (χ4n) is 2.55. The van der Waals surface area contributed by atoms with Crippen LogP contribution in [0.3, 0.4) is 0 Å². The van der Waals surface area contributed by atoms with E-state index in [1.807, 2.05) is 23.2 Å². The number of nitrogens with zero attached hydrogens (tertiary/aromatic N) is 2. The summed E-state index contributed by atoms with van der Waals surface area (Å²) in [6, 6.07) is 8.23. The average molecular weight is 257 g/mol. The molecule has 3 rings (SSSR count). The maximum Gasteiger partial charge on any atom is 0.227 e. The minimum absolute atomic E-state index is 0.235. The molecule has 100 valence electrons. The number of fused-ring (bicyclic) bond motifs is 1. The van der Waals surface area contributed by atoms with E-state index in [1.165, 1.54) is 5.39 Å². The number of H-pyrrole nitrogens is 1. The molecular formula is C15H19N3O. The molecule has 1 aliphatic rings. The minimum atomic E-state index is 0.235. The number of aromatic amines is 1. The molecule has 1 aliphatic heterocycles. The van der Waals surface area contributed by atoms with Gasteiger partial charge in [-0.1, -0.05) is 12.1 Å². The van der Waals surface area contributed by atoms with E-state index in [0.717, 1.165) is 37.3 Å². The van der Waals surface area contributed by atoms with Gasteiger partial charge in [-0.25, -0.2) is 0 Å². The number of aromatic nitrogens is 1. The zero-order valence-corrected chi connectivity index (χ0v) is 11.2. The number of hydrogen-bond donors (Lipinski definition) is 1. The Labute approximate surface area is 113 Å². The number of benzene rings is 1. The van der Waals surface area contributed by atoms with E-state index in [1.54, 1.807) is 0 Å². The van der Waals surface area contributed by atoms with Crippen molar-refractivity contribution < 1.29 is 4.79 Å². The number of nitrogens with one attached hydrogen (secondary N) is 1. The van der Waals surface area contributed by atoms with E-state index in [2.05, 4.69) is 29.1 Å². The van der Waals surface area contributed by atoms with Crippen LogP contribution in [0.15, 0.2) is 30.5 Å². The van der Waals surface area contributed by atoms with Gasteiger partial charge < -0.3 is 14.8 Å². The van der Waals surface area contributed by atoms with Crippen LogP contribution < -0.4 is 0 Å². The van der Waals surface area contributed by atoms with Crippen LogP contribution in [0.25, 0.3) is 10.9 Å². The summed E-state index contributed by atoms with van der Waals surface area (Å²) in [6.07, 6.45) is 2.43. The van der Waals surface area contributed by atoms with Gasteiger partial charge >= 0.3 is 0 Å². The molecule has 1 aromatic carbocycles. The van der Waals surface area contributed by atoms with Crippen molar-refractivity contribution >= 4 is 16.8 Å². The highest BCUT2D eigenvalue weighted by atomic mass is 16.2. The summed E-state index contributed by atoms with van der Waals surface area (Å²) < 4.78 is 0. The lowest BCUT2D eigenvalue weighted by molar-refractivity contribution is -0.132. The Morgan fingerprint density at radius 3 is 2.79 bits per heavy atom. The van der Waals surface area contributed by atoms with Crippen LogP contribution in [0, 0.1) is 0 Å². The van der Waals surface area contributed by atoms with Crippen LogP contribution in [-0.4, -0.2) is 53.9 Å². The summed E-state index contributed by atoms with van der Waals surface area (Å²) in [4.78, 5) is 19.7. The Kier molecular flexibility index (Phi) is 3.25. The highest BCUT2D eigenvalue weighted by Crippen LogP contribution is 2.15. The van der Waals surface area contributed by atoms with Crippen LogP contribution in [0.2, 0.25) is 0 Å². The predicted octanol–water partition coefficient (Wildman–Crippen LogP) is 1.48. The van der Waals surface area contributed by atoms with Crippen molar-refractivity contribution in [3.05, 3.63) is 36.0 Å². The topological polar surface area (TPSA) is 39.3 Å². The monoisotopic (exact) mass is 257 g/mol. The fraction of sp³-hybridized carbons (Fsp3) is 0.400. The van der Waals surface area contributed by atoms with Gasteiger partial charge in [0.15, 0.2) is 0 Å². The summed E-state index contributed by atoms with van der Waals surface area (Å²) in [6.45, 7) is 3.64. The molecule has 0 unspecified atom stereocenters. The van der Waals surface area contributed by atoms with E-state index >= 15 is 0 Å². The SMILES string of the molecule is CN1CCN(C(=O)Cc2ccc3cc[nH]c3c2)CC1. The van der Waals surface area contributed by atoms with Gasteiger partial charge in [-0.15, -0.1) is 0 Å². The first kappa shape index (κ1) is 12.2. The molecule has 0 spiro atoms. The molecule has 0 bridgehead atoms. The molecule has 4 heteroatoms. The maximum atomic E-state index is 12.2. The molecule has 4 nitrogen and oxygen atoms in total. The second kappa shape index (κ2) is 5.05. The van der Waals surface area contributed by atoms with E-state index in [-0.39, 0.29) is 5.91 Å². The lowest BCUT2D eigenvalue weighted by atomic mass is 10.1. The number of carbonyl (C=O) groups is 1. The third-order valence-electron chi connectivity index (χ3n) is 3.83. The fourth-order valence-corrected chi connectivity index (χ4v) is 2.55. The number of rotatable bonds is 2. The number of carbonyl (C=O) groups excluding carboxylic acids is 1. The first-order valence-electron chi connectivity index (χ1n) is 6.75. The Bertz CT molecular complexity index is 582. The van der Waals surface area contributed by atoms with Crippen molar-refractivity contribution in [1.82, 2.24) is 14.8 Å². The standard InChI is InChI=1S/C15H19N3O/c1-17-6-8-18(9-7-17)15(19)11-12-2-3-13-4-5-16-14(13)10-12/h2-5,10,16H,6-9,11H2,1H3. The zero-order valence-electron chi connectivity index (χ0n) is 11.2. The maximum absolute atomic E-state index is 12.2. The Morgan fingerprint density at radius 2 is 2.00 bits per heavy atom. The van der Waals surface area contributed by atoms with Gasteiger partial charge in [0.05, 0.1) is 6.42 Å². The molecule has 1 amide bonds. The third-order valence-corrected chi connectivity index (χ3v) is 3.83. The molecule has 1 N–H and O–H groups in total. The van der Waals surface area contributed by atoms with Gasteiger partial charge in [0.25, 0.3) is 0 Å².